The minimum absolute atomic E-state index is 0.0460. The van der Waals surface area contributed by atoms with Crippen molar-refractivity contribution in [1.29, 1.82) is 0 Å². The zero-order valence-corrected chi connectivity index (χ0v) is 15.0. The zero-order valence-electron chi connectivity index (χ0n) is 14.3. The van der Waals surface area contributed by atoms with Crippen molar-refractivity contribution in [3.8, 4) is 5.75 Å². The maximum Gasteiger partial charge on any atom is 0.339 e. The molecule has 1 N–H and O–H groups in total. The molecule has 3 aromatic rings. The fourth-order valence-corrected chi connectivity index (χ4v) is 2.77. The van der Waals surface area contributed by atoms with Crippen molar-refractivity contribution >= 4 is 39.9 Å². The van der Waals surface area contributed by atoms with E-state index in [4.69, 9.17) is 21.1 Å². The van der Waals surface area contributed by atoms with Crippen molar-refractivity contribution in [2.75, 3.05) is 19.0 Å². The smallest absolute Gasteiger partial charge is 0.339 e. The van der Waals surface area contributed by atoms with Gasteiger partial charge >= 0.3 is 5.97 Å². The molecule has 138 valence electrons. The Morgan fingerprint density at radius 2 is 1.81 bits per heavy atom. The van der Waals surface area contributed by atoms with Gasteiger partial charge in [0.25, 0.3) is 5.91 Å². The maximum absolute atomic E-state index is 13.7. The lowest BCUT2D eigenvalue weighted by molar-refractivity contribution is -0.119. The highest BCUT2D eigenvalue weighted by Crippen LogP contribution is 2.28. The Labute approximate surface area is 159 Å². The van der Waals surface area contributed by atoms with Crippen LogP contribution in [0, 0.1) is 5.82 Å². The topological polar surface area (TPSA) is 64.6 Å². The van der Waals surface area contributed by atoms with Gasteiger partial charge in [0.1, 0.15) is 11.6 Å². The van der Waals surface area contributed by atoms with Gasteiger partial charge in [-0.1, -0.05) is 35.9 Å². The molecule has 0 radical (unpaired) electrons. The first-order valence-electron chi connectivity index (χ1n) is 7.97. The summed E-state index contributed by atoms with van der Waals surface area (Å²) in [5, 5.41) is 3.94. The van der Waals surface area contributed by atoms with Crippen molar-refractivity contribution in [3.05, 3.63) is 71.0 Å². The van der Waals surface area contributed by atoms with Crippen molar-refractivity contribution in [3.63, 3.8) is 0 Å². The molecule has 27 heavy (non-hydrogen) atoms. The molecular formula is C20H15ClFNO4. The first-order chi connectivity index (χ1) is 13.0. The molecule has 0 heterocycles. The lowest BCUT2D eigenvalue weighted by atomic mass is 10.0. The molecule has 0 fully saturated rings. The largest absolute Gasteiger partial charge is 0.496 e. The first kappa shape index (κ1) is 18.7. The minimum atomic E-state index is -0.677. The molecule has 5 nitrogen and oxygen atoms in total. The summed E-state index contributed by atoms with van der Waals surface area (Å²) in [4.78, 5) is 24.3. The van der Waals surface area contributed by atoms with Gasteiger partial charge < -0.3 is 14.8 Å². The van der Waals surface area contributed by atoms with Crippen LogP contribution >= 0.6 is 11.6 Å². The van der Waals surface area contributed by atoms with Crippen molar-refractivity contribution < 1.29 is 23.5 Å². The molecule has 0 atom stereocenters. The van der Waals surface area contributed by atoms with Crippen LogP contribution in [-0.2, 0) is 9.53 Å². The number of halogens is 2. The quantitative estimate of drug-likeness (QED) is 0.657. The molecule has 1 amide bonds. The van der Waals surface area contributed by atoms with Crippen LogP contribution in [0.3, 0.4) is 0 Å². The van der Waals surface area contributed by atoms with E-state index in [1.165, 1.54) is 12.1 Å². The number of hydrogen-bond donors (Lipinski definition) is 1. The second-order valence-electron chi connectivity index (χ2n) is 5.61. The van der Waals surface area contributed by atoms with Gasteiger partial charge in [-0.15, -0.1) is 0 Å². The Hall–Kier alpha value is -3.12. The number of fused-ring (bicyclic) bond motifs is 1. The molecule has 3 aromatic carbocycles. The van der Waals surface area contributed by atoms with Gasteiger partial charge in [0.05, 0.1) is 18.4 Å². The van der Waals surface area contributed by atoms with Crippen molar-refractivity contribution in [1.82, 2.24) is 0 Å². The summed E-state index contributed by atoms with van der Waals surface area (Å²) in [7, 11) is 1.54. The molecule has 0 bridgehead atoms. The molecule has 0 aliphatic rings. The Bertz CT molecular complexity index is 1020. The van der Waals surface area contributed by atoms with E-state index in [9.17, 15) is 14.0 Å². The standard InChI is InChI=1S/C20H15ClFNO4/c1-26-18-9-7-15(13-4-2-3-5-14(13)18)20(25)27-11-19(24)23-17-8-6-12(21)10-16(17)22/h2-10H,11H2,1H3,(H,23,24). The molecule has 0 saturated heterocycles. The highest BCUT2D eigenvalue weighted by atomic mass is 35.5. The highest BCUT2D eigenvalue weighted by molar-refractivity contribution is 6.30. The average molecular weight is 388 g/mol. The van der Waals surface area contributed by atoms with Crippen LogP contribution in [0.15, 0.2) is 54.6 Å². The van der Waals surface area contributed by atoms with Gasteiger partial charge in [-0.05, 0) is 35.7 Å². The Morgan fingerprint density at radius 3 is 2.52 bits per heavy atom. The number of carbonyl (C=O) groups is 2. The van der Waals surface area contributed by atoms with Crippen LogP contribution in [0.5, 0.6) is 5.75 Å². The third kappa shape index (κ3) is 4.17. The lowest BCUT2D eigenvalue weighted by Gasteiger charge is -2.11. The van der Waals surface area contributed by atoms with Gasteiger partial charge in [0.15, 0.2) is 6.61 Å². The summed E-state index contributed by atoms with van der Waals surface area (Å²) in [5.74, 6) is -1.38. The molecule has 0 spiro atoms. The molecule has 0 aliphatic heterocycles. The number of rotatable bonds is 5. The number of anilines is 1. The summed E-state index contributed by atoms with van der Waals surface area (Å²) < 4.78 is 24.1. The number of benzene rings is 3. The third-order valence-electron chi connectivity index (χ3n) is 3.86. The second kappa shape index (κ2) is 8.05. The number of amides is 1. The summed E-state index contributed by atoms with van der Waals surface area (Å²) in [6.45, 7) is -0.554. The van der Waals surface area contributed by atoms with Gasteiger partial charge in [-0.3, -0.25) is 4.79 Å². The minimum Gasteiger partial charge on any atom is -0.496 e. The number of carbonyl (C=O) groups excluding carboxylic acids is 2. The SMILES string of the molecule is COc1ccc(C(=O)OCC(=O)Nc2ccc(Cl)cc2F)c2ccccc12. The summed E-state index contributed by atoms with van der Waals surface area (Å²) >= 11 is 5.66. The molecule has 3 rings (SSSR count). The summed E-state index contributed by atoms with van der Waals surface area (Å²) in [5.41, 5.74) is 0.257. The molecule has 0 saturated carbocycles. The number of hydrogen-bond acceptors (Lipinski definition) is 4. The van der Waals surface area contributed by atoms with E-state index >= 15 is 0 Å². The molecular weight excluding hydrogens is 373 g/mol. The molecule has 7 heteroatoms. The molecule has 0 aromatic heterocycles. The fraction of sp³-hybridized carbons (Fsp3) is 0.100. The van der Waals surface area contributed by atoms with E-state index in [1.54, 1.807) is 31.4 Å². The molecule has 0 unspecified atom stereocenters. The van der Waals surface area contributed by atoms with E-state index < -0.39 is 24.3 Å². The fourth-order valence-electron chi connectivity index (χ4n) is 2.61. The van der Waals surface area contributed by atoms with E-state index in [0.717, 1.165) is 11.5 Å². The molecule has 0 aliphatic carbocycles. The normalized spacial score (nSPS) is 10.5. The van der Waals surface area contributed by atoms with Crippen LogP contribution in [0.2, 0.25) is 5.02 Å². The third-order valence-corrected chi connectivity index (χ3v) is 4.10. The van der Waals surface area contributed by atoms with Crippen molar-refractivity contribution in [2.24, 2.45) is 0 Å². The van der Waals surface area contributed by atoms with Crippen LogP contribution in [-0.4, -0.2) is 25.6 Å². The van der Waals surface area contributed by atoms with E-state index in [1.807, 2.05) is 12.1 Å². The highest BCUT2D eigenvalue weighted by Gasteiger charge is 2.16. The average Bonchev–Trinajstić information content (AvgIpc) is 2.67. The van der Waals surface area contributed by atoms with E-state index in [0.29, 0.717) is 16.7 Å². The van der Waals surface area contributed by atoms with Crippen LogP contribution in [0.1, 0.15) is 10.4 Å². The number of nitrogens with one attached hydrogen (secondary N) is 1. The van der Waals surface area contributed by atoms with Gasteiger partial charge in [0.2, 0.25) is 0 Å². The summed E-state index contributed by atoms with van der Waals surface area (Å²) in [6, 6.07) is 14.3. The monoisotopic (exact) mass is 387 g/mol. The number of methoxy groups -OCH3 is 1. The predicted octanol–water partition coefficient (Wildman–Crippen LogP) is 4.44. The Morgan fingerprint density at radius 1 is 1.07 bits per heavy atom. The van der Waals surface area contributed by atoms with E-state index in [2.05, 4.69) is 5.32 Å². The Kier molecular flexibility index (Phi) is 5.57. The number of ether oxygens (including phenoxy) is 2. The second-order valence-corrected chi connectivity index (χ2v) is 6.05. The zero-order chi connectivity index (χ0) is 19.4. The van der Waals surface area contributed by atoms with Crippen LogP contribution in [0.4, 0.5) is 10.1 Å². The summed E-state index contributed by atoms with van der Waals surface area (Å²) in [6.07, 6.45) is 0. The Balaban J connectivity index is 1.71. The van der Waals surface area contributed by atoms with Gasteiger partial charge in [-0.25, -0.2) is 9.18 Å². The van der Waals surface area contributed by atoms with E-state index in [-0.39, 0.29) is 10.7 Å². The number of esters is 1. The van der Waals surface area contributed by atoms with Crippen molar-refractivity contribution in [2.45, 2.75) is 0 Å². The van der Waals surface area contributed by atoms with Crippen LogP contribution < -0.4 is 10.1 Å². The maximum atomic E-state index is 13.7. The first-order valence-corrected chi connectivity index (χ1v) is 8.35. The van der Waals surface area contributed by atoms with Gasteiger partial charge in [-0.2, -0.15) is 0 Å². The van der Waals surface area contributed by atoms with Gasteiger partial charge in [0, 0.05) is 10.4 Å². The lowest BCUT2D eigenvalue weighted by Crippen LogP contribution is -2.21. The van der Waals surface area contributed by atoms with Crippen LogP contribution in [0.25, 0.3) is 10.8 Å². The predicted molar refractivity (Wildman–Crippen MR) is 101 cm³/mol.